The lowest BCUT2D eigenvalue weighted by Gasteiger charge is -2.38. The van der Waals surface area contributed by atoms with E-state index in [0.29, 0.717) is 18.5 Å². The predicted octanol–water partition coefficient (Wildman–Crippen LogP) is 5.53. The van der Waals surface area contributed by atoms with Crippen LogP contribution in [-0.2, 0) is 11.2 Å². The molecule has 0 saturated carbocycles. The van der Waals surface area contributed by atoms with Crippen LogP contribution in [0.4, 0.5) is 13.2 Å². The Morgan fingerprint density at radius 2 is 1.93 bits per heavy atom. The zero-order valence-electron chi connectivity index (χ0n) is 16.1. The van der Waals surface area contributed by atoms with Crippen molar-refractivity contribution in [1.29, 1.82) is 0 Å². The van der Waals surface area contributed by atoms with E-state index in [4.69, 9.17) is 0 Å². The van der Waals surface area contributed by atoms with E-state index < -0.39 is 6.36 Å². The summed E-state index contributed by atoms with van der Waals surface area (Å²) in [6.45, 7) is 2.41. The minimum absolute atomic E-state index is 0.116. The molecule has 2 aromatic rings. The first kappa shape index (κ1) is 20.5. The van der Waals surface area contributed by atoms with Gasteiger partial charge in [0.05, 0.1) is 11.8 Å². The molecule has 2 heterocycles. The molecule has 4 nitrogen and oxygen atoms in total. The van der Waals surface area contributed by atoms with E-state index in [1.54, 1.807) is 40.5 Å². The van der Waals surface area contributed by atoms with Gasteiger partial charge in [-0.1, -0.05) is 19.1 Å². The van der Waals surface area contributed by atoms with Crippen LogP contribution in [0.3, 0.4) is 0 Å². The summed E-state index contributed by atoms with van der Waals surface area (Å²) in [5, 5.41) is 11.7. The van der Waals surface area contributed by atoms with Crippen LogP contribution in [-0.4, -0.2) is 28.8 Å². The third-order valence-electron chi connectivity index (χ3n) is 5.40. The van der Waals surface area contributed by atoms with E-state index in [2.05, 4.69) is 4.74 Å². The fourth-order valence-corrected chi connectivity index (χ4v) is 4.94. The smallest absolute Gasteiger partial charge is 0.512 e. The number of halogens is 3. The van der Waals surface area contributed by atoms with Crippen LogP contribution in [0.25, 0.3) is 0 Å². The van der Waals surface area contributed by atoms with Gasteiger partial charge in [0.25, 0.3) is 5.91 Å². The number of amides is 1. The molecule has 1 amide bonds. The van der Waals surface area contributed by atoms with Gasteiger partial charge in [0.2, 0.25) is 0 Å². The Morgan fingerprint density at radius 3 is 2.60 bits per heavy atom. The molecule has 0 saturated heterocycles. The standard InChI is InChI=1S/C22H20F3NO3S/c1-13-12-15(27)4-7-17(13)21(28)26-10-8-19-18(9-11-30-19)20(26)14-2-5-16(6-3-14)29-22(23,24)25/h2-7,9,11,13,20,27H,8,10,12H2,1H3. The first-order valence-corrected chi connectivity index (χ1v) is 10.4. The minimum atomic E-state index is -4.75. The lowest BCUT2D eigenvalue weighted by atomic mass is 9.88. The molecule has 30 heavy (non-hydrogen) atoms. The second-order valence-electron chi connectivity index (χ2n) is 7.45. The number of rotatable bonds is 3. The van der Waals surface area contributed by atoms with Gasteiger partial charge in [-0.05, 0) is 59.2 Å². The van der Waals surface area contributed by atoms with E-state index in [1.165, 1.54) is 17.0 Å². The van der Waals surface area contributed by atoms with Gasteiger partial charge in [0, 0.05) is 23.4 Å². The van der Waals surface area contributed by atoms with E-state index in [0.717, 1.165) is 17.5 Å². The van der Waals surface area contributed by atoms with Crippen LogP contribution < -0.4 is 4.74 Å². The van der Waals surface area contributed by atoms with Crippen molar-refractivity contribution in [3.8, 4) is 5.75 Å². The van der Waals surface area contributed by atoms with Crippen molar-refractivity contribution in [1.82, 2.24) is 4.90 Å². The third-order valence-corrected chi connectivity index (χ3v) is 6.40. The number of hydrogen-bond donors (Lipinski definition) is 1. The van der Waals surface area contributed by atoms with Gasteiger partial charge in [-0.15, -0.1) is 24.5 Å². The fourth-order valence-electron chi connectivity index (χ4n) is 4.04. The minimum Gasteiger partial charge on any atom is -0.512 e. The summed E-state index contributed by atoms with van der Waals surface area (Å²) in [6, 6.07) is 7.27. The van der Waals surface area contributed by atoms with Crippen molar-refractivity contribution in [2.24, 2.45) is 5.92 Å². The first-order valence-electron chi connectivity index (χ1n) is 9.55. The summed E-state index contributed by atoms with van der Waals surface area (Å²) in [5.74, 6) is -0.289. The zero-order chi connectivity index (χ0) is 21.5. The number of aliphatic hydroxyl groups excluding tert-OH is 1. The summed E-state index contributed by atoms with van der Waals surface area (Å²) in [6.07, 6.45) is -0.411. The average Bonchev–Trinajstić information content (AvgIpc) is 3.15. The SMILES string of the molecule is CC1CC(O)=CC=C1C(=O)N1CCc2sccc2C1c1ccc(OC(F)(F)F)cc1. The molecule has 0 spiro atoms. The second kappa shape index (κ2) is 7.83. The third kappa shape index (κ3) is 4.09. The van der Waals surface area contributed by atoms with Crippen molar-refractivity contribution < 1.29 is 27.8 Å². The molecule has 1 aromatic carbocycles. The molecule has 0 fully saturated rings. The molecular weight excluding hydrogens is 415 g/mol. The molecule has 1 aromatic heterocycles. The molecule has 2 unspecified atom stereocenters. The molecule has 158 valence electrons. The van der Waals surface area contributed by atoms with Crippen molar-refractivity contribution in [2.45, 2.75) is 32.2 Å². The number of carbonyl (C=O) groups excluding carboxylic acids is 1. The van der Waals surface area contributed by atoms with Crippen molar-refractivity contribution >= 4 is 17.2 Å². The van der Waals surface area contributed by atoms with E-state index in [1.807, 2.05) is 18.4 Å². The molecule has 2 aliphatic rings. The zero-order valence-corrected chi connectivity index (χ0v) is 17.0. The highest BCUT2D eigenvalue weighted by Gasteiger charge is 2.36. The molecule has 1 aliphatic carbocycles. The molecule has 1 aliphatic heterocycles. The molecule has 0 radical (unpaired) electrons. The van der Waals surface area contributed by atoms with Crippen molar-refractivity contribution in [2.75, 3.05) is 6.54 Å². The average molecular weight is 435 g/mol. The lowest BCUT2D eigenvalue weighted by molar-refractivity contribution is -0.274. The Labute approximate surface area is 175 Å². The number of allylic oxidation sites excluding steroid dienone is 3. The van der Waals surface area contributed by atoms with Crippen LogP contribution in [0.1, 0.15) is 35.4 Å². The topological polar surface area (TPSA) is 49.8 Å². The molecule has 8 heteroatoms. The van der Waals surface area contributed by atoms with Crippen LogP contribution in [0.15, 0.2) is 59.2 Å². The number of thiophene rings is 1. The Hall–Kier alpha value is -2.74. The Kier molecular flexibility index (Phi) is 5.36. The summed E-state index contributed by atoms with van der Waals surface area (Å²) in [4.78, 5) is 16.4. The maximum absolute atomic E-state index is 13.4. The van der Waals surface area contributed by atoms with E-state index in [9.17, 15) is 23.1 Å². The largest absolute Gasteiger partial charge is 0.573 e. The summed E-state index contributed by atoms with van der Waals surface area (Å²) >= 11 is 1.62. The number of carbonyl (C=O) groups is 1. The highest BCUT2D eigenvalue weighted by molar-refractivity contribution is 7.10. The highest BCUT2D eigenvalue weighted by Crippen LogP contribution is 2.40. The van der Waals surface area contributed by atoms with Crippen molar-refractivity contribution in [3.05, 3.63) is 75.2 Å². The van der Waals surface area contributed by atoms with Gasteiger partial charge < -0.3 is 14.7 Å². The highest BCUT2D eigenvalue weighted by atomic mass is 32.1. The number of fused-ring (bicyclic) bond motifs is 1. The number of ether oxygens (including phenoxy) is 1. The Bertz CT molecular complexity index is 1010. The van der Waals surface area contributed by atoms with Crippen LogP contribution in [0, 0.1) is 5.92 Å². The Balaban J connectivity index is 1.68. The summed E-state index contributed by atoms with van der Waals surface area (Å²) < 4.78 is 41.4. The molecule has 0 bridgehead atoms. The number of alkyl halides is 3. The maximum atomic E-state index is 13.4. The number of aliphatic hydroxyl groups is 1. The lowest BCUT2D eigenvalue weighted by Crippen LogP contribution is -2.42. The quantitative estimate of drug-likeness (QED) is 0.690. The van der Waals surface area contributed by atoms with Crippen LogP contribution >= 0.6 is 11.3 Å². The molecule has 1 N–H and O–H groups in total. The van der Waals surface area contributed by atoms with E-state index >= 15 is 0 Å². The van der Waals surface area contributed by atoms with Gasteiger partial charge in [-0.25, -0.2) is 0 Å². The summed E-state index contributed by atoms with van der Waals surface area (Å²) in [5.41, 5.74) is 2.33. The molecule has 2 atom stereocenters. The Morgan fingerprint density at radius 1 is 1.20 bits per heavy atom. The van der Waals surface area contributed by atoms with Gasteiger partial charge in [0.1, 0.15) is 5.75 Å². The normalized spacial score (nSPS) is 21.5. The predicted molar refractivity (Wildman–Crippen MR) is 107 cm³/mol. The van der Waals surface area contributed by atoms with E-state index in [-0.39, 0.29) is 29.4 Å². The molecular formula is C22H20F3NO3S. The van der Waals surface area contributed by atoms with Crippen molar-refractivity contribution in [3.63, 3.8) is 0 Å². The molecule has 4 rings (SSSR count). The number of nitrogens with zero attached hydrogens (tertiary/aromatic N) is 1. The van der Waals surface area contributed by atoms with Gasteiger partial charge in [-0.3, -0.25) is 4.79 Å². The number of benzene rings is 1. The summed E-state index contributed by atoms with van der Waals surface area (Å²) in [7, 11) is 0. The van der Waals surface area contributed by atoms with Crippen LogP contribution in [0.2, 0.25) is 0 Å². The number of hydrogen-bond acceptors (Lipinski definition) is 4. The monoisotopic (exact) mass is 435 g/mol. The van der Waals surface area contributed by atoms with Gasteiger partial charge in [-0.2, -0.15) is 0 Å². The fraction of sp³-hybridized carbons (Fsp3) is 0.318. The first-order chi connectivity index (χ1) is 14.2. The second-order valence-corrected chi connectivity index (χ2v) is 8.45. The van der Waals surface area contributed by atoms with Gasteiger partial charge >= 0.3 is 6.36 Å². The van der Waals surface area contributed by atoms with Gasteiger partial charge in [0.15, 0.2) is 0 Å². The van der Waals surface area contributed by atoms with Crippen LogP contribution in [0.5, 0.6) is 5.75 Å². The maximum Gasteiger partial charge on any atom is 0.573 e.